The molecule has 24 nitrogen and oxygen atoms in total. The number of amides is 9. The third-order valence-corrected chi connectivity index (χ3v) is 13.5. The van der Waals surface area contributed by atoms with Gasteiger partial charge in [0.15, 0.2) is 5.96 Å². The average molecular weight is 1100 g/mol. The molecule has 1 aliphatic rings. The fourth-order valence-electron chi connectivity index (χ4n) is 9.36. The van der Waals surface area contributed by atoms with Gasteiger partial charge in [0.25, 0.3) is 0 Å². The number of para-hydroxylation sites is 1. The number of aliphatic imine (C=N–C) groups is 1. The smallest absolute Gasteiger partial charge is 0.243 e. The maximum atomic E-state index is 15.1. The molecule has 0 spiro atoms. The van der Waals surface area contributed by atoms with E-state index in [4.69, 9.17) is 17.2 Å². The van der Waals surface area contributed by atoms with Crippen molar-refractivity contribution in [1.29, 1.82) is 0 Å². The number of rotatable bonds is 18. The molecule has 16 N–H and O–H groups in total. The standard InChI is InChI=1S/C56H73N15O9/c1-3-4-20-42(65-33(2)72)50(75)71-47-29-48(73)61-24-13-12-22-41(49(57)74)66-52(77)45(27-36-30-63-40-21-11-10-19-39(36)40)68-51(76)43(23-14-25-62-56(58)59)67-53(78)44(26-35-17-8-9-18-38(35)34-15-6-5-7-16-34)69-54(79)46(70-55(47)80)28-37-31-60-32-64-37/h5-11,15-19,21,30-32,41-47,63H,3-4,12-14,20,22-29H2,1-2H3,(H2,57,74)(H,60,64)(H,61,73)(H,65,72)(H,66,77)(H,67,78)(H,68,76)(H,69,79)(H,70,80)(H,71,75)(H4,58,59,62)/t41-,42-,43-,44+,45-,46?,47?/m0/s1. The van der Waals surface area contributed by atoms with E-state index in [1.807, 2.05) is 73.7 Å². The number of carbonyl (C=O) groups is 9. The molecular formula is C56H73N15O9. The minimum Gasteiger partial charge on any atom is -0.370 e. The molecule has 0 radical (unpaired) electrons. The van der Waals surface area contributed by atoms with Crippen molar-refractivity contribution in [3.63, 3.8) is 0 Å². The van der Waals surface area contributed by atoms with Gasteiger partial charge in [-0.3, -0.25) is 48.1 Å². The van der Waals surface area contributed by atoms with E-state index < -0.39 is 102 Å². The Kier molecular flexibility index (Phi) is 22.7. The summed E-state index contributed by atoms with van der Waals surface area (Å²) in [5, 5.41) is 22.6. The first kappa shape index (κ1) is 60.1. The van der Waals surface area contributed by atoms with E-state index in [0.717, 1.165) is 22.0 Å². The molecule has 80 heavy (non-hydrogen) atoms. The summed E-state index contributed by atoms with van der Waals surface area (Å²) in [7, 11) is 0. The average Bonchev–Trinajstić information content (AvgIpc) is 4.14. The zero-order chi connectivity index (χ0) is 57.6. The molecule has 9 amide bonds. The monoisotopic (exact) mass is 1100 g/mol. The maximum Gasteiger partial charge on any atom is 0.243 e. The van der Waals surface area contributed by atoms with E-state index >= 15 is 4.79 Å². The van der Waals surface area contributed by atoms with Crippen LogP contribution in [0.15, 0.2) is 103 Å². The number of aromatic amines is 2. The molecular weight excluding hydrogens is 1030 g/mol. The molecule has 1 aliphatic heterocycles. The number of H-pyrrole nitrogens is 2. The highest BCUT2D eigenvalue weighted by Gasteiger charge is 2.36. The molecule has 2 unspecified atom stereocenters. The second kappa shape index (κ2) is 30.2. The van der Waals surface area contributed by atoms with Crippen LogP contribution in [0, 0.1) is 0 Å². The van der Waals surface area contributed by atoms with Gasteiger partial charge < -0.3 is 69.7 Å². The fraction of sp³-hybridized carbons (Fsp3) is 0.411. The van der Waals surface area contributed by atoms with Crippen LogP contribution in [0.1, 0.15) is 88.5 Å². The fourth-order valence-corrected chi connectivity index (χ4v) is 9.36. The maximum absolute atomic E-state index is 15.1. The van der Waals surface area contributed by atoms with Crippen LogP contribution in [0.4, 0.5) is 0 Å². The van der Waals surface area contributed by atoms with Crippen LogP contribution < -0.4 is 59.7 Å². The zero-order valence-corrected chi connectivity index (χ0v) is 45.0. The quantitative estimate of drug-likeness (QED) is 0.0323. The van der Waals surface area contributed by atoms with Crippen molar-refractivity contribution in [2.45, 2.75) is 133 Å². The SMILES string of the molecule is CCCC[C@H](NC(C)=O)C(=O)NC1CC(=O)NCCCC[C@@H](C(N)=O)NC(=O)[C@H](Cc2c[nH]c3ccccc23)NC(=O)[C@H](CCCN=C(N)N)NC(=O)[C@@H](Cc2ccccc2-c2ccccc2)NC(=O)C(Cc2cnc[nH]2)NC1=O. The Bertz CT molecular complexity index is 2960. The van der Waals surface area contributed by atoms with Crippen LogP contribution in [-0.4, -0.2) is 129 Å². The zero-order valence-electron chi connectivity index (χ0n) is 45.0. The highest BCUT2D eigenvalue weighted by molar-refractivity contribution is 5.99. The molecule has 24 heteroatoms. The van der Waals surface area contributed by atoms with Gasteiger partial charge in [-0.2, -0.15) is 0 Å². The molecule has 0 bridgehead atoms. The highest BCUT2D eigenvalue weighted by Crippen LogP contribution is 2.25. The number of hydrogen-bond donors (Lipinski definition) is 13. The van der Waals surface area contributed by atoms with Gasteiger partial charge in [-0.25, -0.2) is 4.98 Å². The lowest BCUT2D eigenvalue weighted by molar-refractivity contribution is -0.136. The summed E-state index contributed by atoms with van der Waals surface area (Å²) >= 11 is 0. The first-order valence-electron chi connectivity index (χ1n) is 26.9. The number of nitrogens with two attached hydrogens (primary N) is 3. The van der Waals surface area contributed by atoms with E-state index in [2.05, 4.69) is 62.5 Å². The van der Waals surface area contributed by atoms with Gasteiger partial charge in [-0.15, -0.1) is 0 Å². The number of nitrogens with zero attached hydrogens (tertiary/aromatic N) is 2. The number of aromatic nitrogens is 3. The predicted octanol–water partition coefficient (Wildman–Crippen LogP) is 0.419. The van der Waals surface area contributed by atoms with Crippen LogP contribution in [0.3, 0.4) is 0 Å². The third-order valence-electron chi connectivity index (χ3n) is 13.5. The van der Waals surface area contributed by atoms with Gasteiger partial charge in [0.05, 0.1) is 12.7 Å². The number of guanidine groups is 1. The summed E-state index contributed by atoms with van der Waals surface area (Å²) in [6.07, 6.45) is 5.57. The van der Waals surface area contributed by atoms with Crippen LogP contribution in [0.2, 0.25) is 0 Å². The van der Waals surface area contributed by atoms with Crippen molar-refractivity contribution in [3.8, 4) is 11.1 Å². The summed E-state index contributed by atoms with van der Waals surface area (Å²) in [4.78, 5) is 141. The molecule has 0 saturated carbocycles. The van der Waals surface area contributed by atoms with Gasteiger partial charge in [-0.1, -0.05) is 92.6 Å². The lowest BCUT2D eigenvalue weighted by Crippen LogP contribution is -2.61. The Morgan fingerprint density at radius 3 is 2.04 bits per heavy atom. The van der Waals surface area contributed by atoms with Crippen LogP contribution in [0.25, 0.3) is 22.0 Å². The summed E-state index contributed by atoms with van der Waals surface area (Å²) in [6.45, 7) is 3.24. The Morgan fingerprint density at radius 2 is 1.35 bits per heavy atom. The van der Waals surface area contributed by atoms with Crippen molar-refractivity contribution in [3.05, 3.63) is 114 Å². The number of hydrogen-bond acceptors (Lipinski definition) is 11. The molecule has 6 rings (SSSR count). The van der Waals surface area contributed by atoms with Crippen molar-refractivity contribution in [1.82, 2.24) is 57.5 Å². The topological polar surface area (TPSA) is 385 Å². The number of carbonyl (C=O) groups excluding carboxylic acids is 9. The molecule has 2 aromatic heterocycles. The van der Waals surface area contributed by atoms with Gasteiger partial charge >= 0.3 is 0 Å². The first-order chi connectivity index (χ1) is 38.5. The molecule has 3 heterocycles. The van der Waals surface area contributed by atoms with Gasteiger partial charge in [0, 0.05) is 68.3 Å². The van der Waals surface area contributed by atoms with Crippen LogP contribution >= 0.6 is 0 Å². The number of imidazole rings is 1. The van der Waals surface area contributed by atoms with Crippen molar-refractivity contribution in [2.24, 2.45) is 22.2 Å². The number of benzene rings is 3. The van der Waals surface area contributed by atoms with E-state index in [1.165, 1.54) is 19.4 Å². The third kappa shape index (κ3) is 18.3. The van der Waals surface area contributed by atoms with E-state index in [-0.39, 0.29) is 76.8 Å². The van der Waals surface area contributed by atoms with Gasteiger partial charge in [-0.05, 0) is 66.8 Å². The summed E-state index contributed by atoms with van der Waals surface area (Å²) in [5.74, 6) is -7.17. The molecule has 0 aliphatic carbocycles. The molecule has 5 aromatic rings. The normalized spacial score (nSPS) is 20.6. The Hall–Kier alpha value is -9.09. The second-order valence-electron chi connectivity index (χ2n) is 19.7. The molecule has 7 atom stereocenters. The van der Waals surface area contributed by atoms with E-state index in [9.17, 15) is 38.4 Å². The minimum absolute atomic E-state index is 0.0328. The molecule has 426 valence electrons. The number of nitrogens with one attached hydrogen (secondary N) is 10. The van der Waals surface area contributed by atoms with Gasteiger partial charge in [0.1, 0.15) is 42.3 Å². The first-order valence-corrected chi connectivity index (χ1v) is 26.9. The van der Waals surface area contributed by atoms with E-state index in [0.29, 0.717) is 29.7 Å². The van der Waals surface area contributed by atoms with Crippen molar-refractivity contribution in [2.75, 3.05) is 13.1 Å². The minimum atomic E-state index is -1.60. The van der Waals surface area contributed by atoms with Crippen LogP contribution in [-0.2, 0) is 62.4 Å². The number of unbranched alkanes of at least 4 members (excludes halogenated alkanes) is 1. The Morgan fingerprint density at radius 1 is 0.713 bits per heavy atom. The molecule has 3 aromatic carbocycles. The summed E-state index contributed by atoms with van der Waals surface area (Å²) in [5.41, 5.74) is 21.1. The van der Waals surface area contributed by atoms with Gasteiger partial charge in [0.2, 0.25) is 53.2 Å². The second-order valence-corrected chi connectivity index (χ2v) is 19.7. The number of fused-ring (bicyclic) bond motifs is 1. The molecule has 1 fully saturated rings. The van der Waals surface area contributed by atoms with E-state index in [1.54, 1.807) is 18.3 Å². The lowest BCUT2D eigenvalue weighted by atomic mass is 9.94. The molecule has 1 saturated heterocycles. The summed E-state index contributed by atoms with van der Waals surface area (Å²) in [6, 6.07) is 14.4. The van der Waals surface area contributed by atoms with Crippen molar-refractivity contribution < 1.29 is 43.2 Å². The predicted molar refractivity (Wildman–Crippen MR) is 299 cm³/mol. The van der Waals surface area contributed by atoms with Crippen LogP contribution in [0.5, 0.6) is 0 Å². The van der Waals surface area contributed by atoms with Crippen molar-refractivity contribution >= 4 is 70.0 Å². The largest absolute Gasteiger partial charge is 0.370 e. The Balaban J connectivity index is 1.43. The Labute approximate surface area is 463 Å². The summed E-state index contributed by atoms with van der Waals surface area (Å²) < 4.78 is 0. The lowest BCUT2D eigenvalue weighted by Gasteiger charge is -2.28. The number of primary amides is 1. The highest BCUT2D eigenvalue weighted by atomic mass is 16.2.